The molecule has 74 valence electrons. The quantitative estimate of drug-likeness (QED) is 0.486. The number of nitrogens with zero attached hydrogens (tertiary/aromatic N) is 2. The molecule has 0 N–H and O–H groups in total. The molecule has 3 heteroatoms. The maximum Gasteiger partial charge on any atom is 0.106 e. The molecule has 2 aliphatic heterocycles. The second-order valence-corrected chi connectivity index (χ2v) is 4.03. The highest BCUT2D eigenvalue weighted by Gasteiger charge is 2.40. The van der Waals surface area contributed by atoms with E-state index in [-0.39, 0.29) is 0 Å². The second-order valence-electron chi connectivity index (χ2n) is 4.03. The van der Waals surface area contributed by atoms with Gasteiger partial charge in [0.05, 0.1) is 5.71 Å². The minimum absolute atomic E-state index is 0.679. The van der Waals surface area contributed by atoms with Crippen LogP contribution in [0, 0.1) is 11.8 Å². The first-order valence-electron chi connectivity index (χ1n) is 5.17. The highest BCUT2D eigenvalue weighted by Crippen LogP contribution is 2.34. The van der Waals surface area contributed by atoms with Crippen LogP contribution in [0.4, 0.5) is 0 Å². The SMILES string of the molecule is CC/C(=N\OC)[C@H]1CN2CC[C@H]1C2. The van der Waals surface area contributed by atoms with Crippen molar-refractivity contribution in [2.75, 3.05) is 26.7 Å². The normalized spacial score (nSPS) is 38.3. The first-order valence-corrected chi connectivity index (χ1v) is 5.17. The van der Waals surface area contributed by atoms with E-state index in [1.165, 1.54) is 31.8 Å². The Balaban J connectivity index is 2.04. The Morgan fingerprint density at radius 2 is 2.38 bits per heavy atom. The molecule has 0 aliphatic carbocycles. The smallest absolute Gasteiger partial charge is 0.106 e. The summed E-state index contributed by atoms with van der Waals surface area (Å²) in [5.74, 6) is 1.53. The van der Waals surface area contributed by atoms with Gasteiger partial charge < -0.3 is 9.74 Å². The monoisotopic (exact) mass is 182 g/mol. The van der Waals surface area contributed by atoms with Gasteiger partial charge in [-0.25, -0.2) is 0 Å². The summed E-state index contributed by atoms with van der Waals surface area (Å²) < 4.78 is 0. The van der Waals surface area contributed by atoms with Crippen LogP contribution in [-0.2, 0) is 4.84 Å². The fourth-order valence-corrected chi connectivity index (χ4v) is 2.67. The van der Waals surface area contributed by atoms with E-state index in [2.05, 4.69) is 17.0 Å². The van der Waals surface area contributed by atoms with Crippen LogP contribution >= 0.6 is 0 Å². The zero-order chi connectivity index (χ0) is 9.26. The predicted molar refractivity (Wildman–Crippen MR) is 52.8 cm³/mol. The summed E-state index contributed by atoms with van der Waals surface area (Å²) in [6.07, 6.45) is 2.39. The first-order chi connectivity index (χ1) is 6.35. The lowest BCUT2D eigenvalue weighted by molar-refractivity contribution is 0.207. The molecule has 2 bridgehead atoms. The van der Waals surface area contributed by atoms with Crippen molar-refractivity contribution in [3.63, 3.8) is 0 Å². The minimum atomic E-state index is 0.679. The van der Waals surface area contributed by atoms with Gasteiger partial charge in [0.25, 0.3) is 0 Å². The van der Waals surface area contributed by atoms with Crippen LogP contribution in [0.1, 0.15) is 19.8 Å². The van der Waals surface area contributed by atoms with Gasteiger partial charge in [-0.1, -0.05) is 12.1 Å². The van der Waals surface area contributed by atoms with Crippen LogP contribution in [0.2, 0.25) is 0 Å². The molecule has 0 amide bonds. The molecule has 2 fully saturated rings. The van der Waals surface area contributed by atoms with Crippen LogP contribution in [0.15, 0.2) is 5.16 Å². The Morgan fingerprint density at radius 3 is 2.85 bits per heavy atom. The summed E-state index contributed by atoms with van der Waals surface area (Å²) >= 11 is 0. The highest BCUT2D eigenvalue weighted by atomic mass is 16.6. The van der Waals surface area contributed by atoms with Gasteiger partial charge >= 0.3 is 0 Å². The Kier molecular flexibility index (Phi) is 2.54. The van der Waals surface area contributed by atoms with E-state index >= 15 is 0 Å². The molecule has 2 rings (SSSR count). The number of fused-ring (bicyclic) bond motifs is 2. The molecule has 2 aliphatic rings. The Bertz CT molecular complexity index is 215. The van der Waals surface area contributed by atoms with Crippen LogP contribution < -0.4 is 0 Å². The van der Waals surface area contributed by atoms with Gasteiger partial charge in [-0.15, -0.1) is 0 Å². The lowest BCUT2D eigenvalue weighted by Gasteiger charge is -2.22. The van der Waals surface area contributed by atoms with E-state index in [9.17, 15) is 0 Å². The van der Waals surface area contributed by atoms with Gasteiger partial charge in [-0.05, 0) is 25.3 Å². The summed E-state index contributed by atoms with van der Waals surface area (Å²) in [5.41, 5.74) is 1.26. The third kappa shape index (κ3) is 1.57. The molecule has 2 saturated heterocycles. The van der Waals surface area contributed by atoms with Crippen molar-refractivity contribution in [3.8, 4) is 0 Å². The molecule has 3 nitrogen and oxygen atoms in total. The maximum atomic E-state index is 4.88. The number of oxime groups is 1. The third-order valence-corrected chi connectivity index (χ3v) is 3.33. The largest absolute Gasteiger partial charge is 0.399 e. The van der Waals surface area contributed by atoms with E-state index in [1.54, 1.807) is 7.11 Å². The van der Waals surface area contributed by atoms with Crippen LogP contribution in [0.3, 0.4) is 0 Å². The molecule has 0 radical (unpaired) electrons. The summed E-state index contributed by atoms with van der Waals surface area (Å²) in [6.45, 7) is 5.96. The van der Waals surface area contributed by atoms with E-state index in [0.717, 1.165) is 12.3 Å². The molecule has 0 aromatic carbocycles. The molecule has 3 atom stereocenters. The molecule has 0 aromatic rings. The molecule has 0 saturated carbocycles. The average molecular weight is 182 g/mol. The topological polar surface area (TPSA) is 24.8 Å². The molecule has 13 heavy (non-hydrogen) atoms. The van der Waals surface area contributed by atoms with E-state index in [4.69, 9.17) is 4.84 Å². The first kappa shape index (κ1) is 9.00. The Labute approximate surface area is 79.7 Å². The number of hydrogen-bond acceptors (Lipinski definition) is 3. The summed E-state index contributed by atoms with van der Waals surface area (Å²) in [5, 5.41) is 4.13. The zero-order valence-electron chi connectivity index (χ0n) is 8.49. The number of hydrogen-bond donors (Lipinski definition) is 0. The number of rotatable bonds is 3. The van der Waals surface area contributed by atoms with Crippen molar-refractivity contribution in [2.24, 2.45) is 17.0 Å². The second kappa shape index (κ2) is 3.66. The Hall–Kier alpha value is -0.570. The molecule has 1 unspecified atom stereocenters. The summed E-state index contributed by atoms with van der Waals surface area (Å²) in [6, 6.07) is 0. The molecule has 2 heterocycles. The van der Waals surface area contributed by atoms with Crippen LogP contribution in [0.5, 0.6) is 0 Å². The maximum absolute atomic E-state index is 4.88. The van der Waals surface area contributed by atoms with Gasteiger partial charge in [0, 0.05) is 19.0 Å². The van der Waals surface area contributed by atoms with Gasteiger partial charge in [-0.2, -0.15) is 0 Å². The molecule has 0 spiro atoms. The van der Waals surface area contributed by atoms with E-state index in [1.807, 2.05) is 0 Å². The molecule has 0 aromatic heterocycles. The van der Waals surface area contributed by atoms with Crippen molar-refractivity contribution >= 4 is 5.71 Å². The van der Waals surface area contributed by atoms with Crippen molar-refractivity contribution in [1.82, 2.24) is 4.90 Å². The van der Waals surface area contributed by atoms with Crippen LogP contribution in [-0.4, -0.2) is 37.4 Å². The van der Waals surface area contributed by atoms with E-state index in [0.29, 0.717) is 5.92 Å². The lowest BCUT2D eigenvalue weighted by atomic mass is 9.87. The zero-order valence-corrected chi connectivity index (χ0v) is 8.49. The van der Waals surface area contributed by atoms with E-state index < -0.39 is 0 Å². The van der Waals surface area contributed by atoms with Crippen molar-refractivity contribution < 1.29 is 4.84 Å². The van der Waals surface area contributed by atoms with Gasteiger partial charge in [0.1, 0.15) is 7.11 Å². The molecular weight excluding hydrogens is 164 g/mol. The van der Waals surface area contributed by atoms with Crippen molar-refractivity contribution in [2.45, 2.75) is 19.8 Å². The third-order valence-electron chi connectivity index (χ3n) is 3.33. The van der Waals surface area contributed by atoms with Crippen LogP contribution in [0.25, 0.3) is 0 Å². The van der Waals surface area contributed by atoms with Gasteiger partial charge in [-0.3, -0.25) is 0 Å². The molecular formula is C10H18N2O. The highest BCUT2D eigenvalue weighted by molar-refractivity contribution is 5.87. The number of piperidine rings is 1. The summed E-state index contributed by atoms with van der Waals surface area (Å²) in [4.78, 5) is 7.42. The Morgan fingerprint density at radius 1 is 1.54 bits per heavy atom. The van der Waals surface area contributed by atoms with Crippen molar-refractivity contribution in [3.05, 3.63) is 0 Å². The van der Waals surface area contributed by atoms with Crippen molar-refractivity contribution in [1.29, 1.82) is 0 Å². The minimum Gasteiger partial charge on any atom is -0.399 e. The lowest BCUT2D eigenvalue weighted by Crippen LogP contribution is -2.29. The van der Waals surface area contributed by atoms with Gasteiger partial charge in [0.15, 0.2) is 0 Å². The standard InChI is InChI=1S/C10H18N2O/c1-3-10(11-13-2)9-7-12-5-4-8(9)6-12/h8-9H,3-7H2,1-2H3/b11-10+/t8-,9-/m0/s1. The predicted octanol–water partition coefficient (Wildman–Crippen LogP) is 1.35. The van der Waals surface area contributed by atoms with Gasteiger partial charge in [0.2, 0.25) is 0 Å². The fourth-order valence-electron chi connectivity index (χ4n) is 2.67. The fraction of sp³-hybridized carbons (Fsp3) is 0.900. The summed E-state index contributed by atoms with van der Waals surface area (Å²) in [7, 11) is 1.64. The average Bonchev–Trinajstić information content (AvgIpc) is 2.74.